The molecule has 0 aliphatic carbocycles. The zero-order valence-electron chi connectivity index (χ0n) is 15.9. The van der Waals surface area contributed by atoms with Gasteiger partial charge in [-0.3, -0.25) is 0 Å². The molecule has 22 heavy (non-hydrogen) atoms. The summed E-state index contributed by atoms with van der Waals surface area (Å²) in [5, 5.41) is 0. The Labute approximate surface area is 138 Å². The van der Waals surface area contributed by atoms with Crippen LogP contribution in [0.15, 0.2) is 29.8 Å². The van der Waals surface area contributed by atoms with E-state index in [1.807, 2.05) is 0 Å². The smallest absolute Gasteiger partial charge is 0.100 e. The van der Waals surface area contributed by atoms with Gasteiger partial charge in [-0.05, 0) is 56.2 Å². The minimum absolute atomic E-state index is 0.274. The molecule has 0 N–H and O–H groups in total. The van der Waals surface area contributed by atoms with Crippen molar-refractivity contribution in [2.75, 3.05) is 26.2 Å². The fourth-order valence-corrected chi connectivity index (χ4v) is 3.10. The predicted molar refractivity (Wildman–Crippen MR) is 100 cm³/mol. The average Bonchev–Trinajstić information content (AvgIpc) is 2.53. The van der Waals surface area contributed by atoms with Crippen molar-refractivity contribution in [2.45, 2.75) is 60.3 Å². The maximum atomic E-state index is 2.36. The van der Waals surface area contributed by atoms with E-state index in [0.717, 1.165) is 6.54 Å². The number of rotatable bonds is 8. The highest BCUT2D eigenvalue weighted by Crippen LogP contribution is 2.27. The molecule has 0 fully saturated rings. The lowest BCUT2D eigenvalue weighted by Gasteiger charge is -2.36. The van der Waals surface area contributed by atoms with E-state index in [0.29, 0.717) is 0 Å². The Morgan fingerprint density at radius 3 is 1.86 bits per heavy atom. The molecule has 0 aromatic heterocycles. The van der Waals surface area contributed by atoms with Gasteiger partial charge in [-0.2, -0.15) is 0 Å². The first kappa shape index (κ1) is 19.0. The predicted octanol–water partition coefficient (Wildman–Crippen LogP) is 5.65. The standard InChI is InChI=1S/C21H36N/c1-8-21(6,7)20-14-12-19(13-15-20)16-18(5)17-22(9-2,10-3)11-4/h12-16H,8-11,17H2,1-7H3/q+1/b18-16+. The summed E-state index contributed by atoms with van der Waals surface area (Å²) in [6, 6.07) is 9.14. The van der Waals surface area contributed by atoms with Gasteiger partial charge in [0.15, 0.2) is 0 Å². The largest absolute Gasteiger partial charge is 0.321 e. The molecular weight excluding hydrogens is 266 g/mol. The van der Waals surface area contributed by atoms with Crippen LogP contribution in [0.1, 0.15) is 66.0 Å². The summed E-state index contributed by atoms with van der Waals surface area (Å²) >= 11 is 0. The van der Waals surface area contributed by atoms with E-state index in [2.05, 4.69) is 78.8 Å². The van der Waals surface area contributed by atoms with Crippen molar-refractivity contribution < 1.29 is 4.48 Å². The molecule has 0 saturated heterocycles. The molecule has 0 aliphatic heterocycles. The molecule has 0 radical (unpaired) electrons. The van der Waals surface area contributed by atoms with Crippen molar-refractivity contribution >= 4 is 6.08 Å². The van der Waals surface area contributed by atoms with E-state index in [9.17, 15) is 0 Å². The maximum Gasteiger partial charge on any atom is 0.100 e. The number of nitrogens with zero attached hydrogens (tertiary/aromatic N) is 1. The van der Waals surface area contributed by atoms with Crippen LogP contribution in [0.25, 0.3) is 6.08 Å². The SMILES string of the molecule is CCC(C)(C)c1ccc(/C=C(\C)C[N+](CC)(CC)CC)cc1. The van der Waals surface area contributed by atoms with E-state index in [4.69, 9.17) is 0 Å². The second-order valence-electron chi connectivity index (χ2n) is 7.30. The number of likely N-dealkylation sites (N-methyl/N-ethyl adjacent to an activating group) is 1. The molecule has 1 nitrogen and oxygen atoms in total. The van der Waals surface area contributed by atoms with Crippen LogP contribution < -0.4 is 0 Å². The first-order valence-corrected chi connectivity index (χ1v) is 8.95. The van der Waals surface area contributed by atoms with Crippen molar-refractivity contribution in [1.82, 2.24) is 0 Å². The van der Waals surface area contributed by atoms with Gasteiger partial charge >= 0.3 is 0 Å². The summed E-state index contributed by atoms with van der Waals surface area (Å²) in [5.74, 6) is 0. The maximum absolute atomic E-state index is 2.36. The molecule has 1 heteroatoms. The van der Waals surface area contributed by atoms with Crippen LogP contribution in [0, 0.1) is 0 Å². The highest BCUT2D eigenvalue weighted by Gasteiger charge is 2.21. The lowest BCUT2D eigenvalue weighted by molar-refractivity contribution is -0.918. The molecule has 0 heterocycles. The van der Waals surface area contributed by atoms with Crippen LogP contribution in [0.4, 0.5) is 0 Å². The van der Waals surface area contributed by atoms with Gasteiger partial charge in [0.2, 0.25) is 0 Å². The molecule has 124 valence electrons. The fourth-order valence-electron chi connectivity index (χ4n) is 3.10. The summed E-state index contributed by atoms with van der Waals surface area (Å²) in [6.07, 6.45) is 3.53. The van der Waals surface area contributed by atoms with Crippen LogP contribution >= 0.6 is 0 Å². The van der Waals surface area contributed by atoms with Crippen molar-refractivity contribution in [3.05, 3.63) is 41.0 Å². The Morgan fingerprint density at radius 2 is 1.45 bits per heavy atom. The van der Waals surface area contributed by atoms with E-state index in [-0.39, 0.29) is 5.41 Å². The number of hydrogen-bond donors (Lipinski definition) is 0. The van der Waals surface area contributed by atoms with Crippen LogP contribution in [0.3, 0.4) is 0 Å². The van der Waals surface area contributed by atoms with Gasteiger partial charge in [-0.1, -0.05) is 51.1 Å². The zero-order chi connectivity index (χ0) is 16.8. The Bertz CT molecular complexity index is 467. The first-order chi connectivity index (χ1) is 10.3. The van der Waals surface area contributed by atoms with E-state index >= 15 is 0 Å². The van der Waals surface area contributed by atoms with Crippen LogP contribution in [0.2, 0.25) is 0 Å². The van der Waals surface area contributed by atoms with Gasteiger partial charge in [0.1, 0.15) is 6.54 Å². The Kier molecular flexibility index (Phi) is 6.87. The summed E-state index contributed by atoms with van der Waals surface area (Å²) in [5.41, 5.74) is 4.52. The first-order valence-electron chi connectivity index (χ1n) is 8.95. The van der Waals surface area contributed by atoms with Crippen molar-refractivity contribution in [3.8, 4) is 0 Å². The van der Waals surface area contributed by atoms with Gasteiger partial charge in [-0.25, -0.2) is 0 Å². The molecule has 1 rings (SSSR count). The zero-order valence-corrected chi connectivity index (χ0v) is 15.9. The normalized spacial score (nSPS) is 13.5. The molecule has 0 saturated carbocycles. The fraction of sp³-hybridized carbons (Fsp3) is 0.619. The van der Waals surface area contributed by atoms with E-state index in [1.54, 1.807) is 0 Å². The molecule has 0 amide bonds. The summed E-state index contributed by atoms with van der Waals surface area (Å²) < 4.78 is 1.18. The quantitative estimate of drug-likeness (QED) is 0.544. The van der Waals surface area contributed by atoms with Crippen molar-refractivity contribution in [1.29, 1.82) is 0 Å². The number of quaternary nitrogens is 1. The van der Waals surface area contributed by atoms with Crippen molar-refractivity contribution in [3.63, 3.8) is 0 Å². The molecule has 0 aliphatic rings. The molecule has 1 aromatic carbocycles. The lowest BCUT2D eigenvalue weighted by atomic mass is 9.82. The summed E-state index contributed by atoms with van der Waals surface area (Å²) in [7, 11) is 0. The topological polar surface area (TPSA) is 0 Å². The number of benzene rings is 1. The Balaban J connectivity index is 2.89. The number of hydrogen-bond acceptors (Lipinski definition) is 0. The molecule has 0 spiro atoms. The van der Waals surface area contributed by atoms with E-state index in [1.165, 1.54) is 47.2 Å². The lowest BCUT2D eigenvalue weighted by Crippen LogP contribution is -2.48. The van der Waals surface area contributed by atoms with Gasteiger partial charge in [0, 0.05) is 0 Å². The molecular formula is C21H36N+. The van der Waals surface area contributed by atoms with Crippen LogP contribution in [-0.2, 0) is 5.41 Å². The second-order valence-corrected chi connectivity index (χ2v) is 7.30. The molecule has 0 unspecified atom stereocenters. The summed E-state index contributed by atoms with van der Waals surface area (Å²) in [6.45, 7) is 20.9. The minimum Gasteiger partial charge on any atom is -0.321 e. The van der Waals surface area contributed by atoms with Crippen LogP contribution in [0.5, 0.6) is 0 Å². The van der Waals surface area contributed by atoms with Gasteiger partial charge in [-0.15, -0.1) is 0 Å². The molecule has 0 atom stereocenters. The van der Waals surface area contributed by atoms with Gasteiger partial charge in [0.05, 0.1) is 19.6 Å². The van der Waals surface area contributed by atoms with Gasteiger partial charge in [0.25, 0.3) is 0 Å². The third kappa shape index (κ3) is 4.71. The Hall–Kier alpha value is -1.08. The highest BCUT2D eigenvalue weighted by molar-refractivity contribution is 5.53. The third-order valence-corrected chi connectivity index (χ3v) is 5.59. The van der Waals surface area contributed by atoms with Gasteiger partial charge < -0.3 is 4.48 Å². The molecule has 1 aromatic rings. The second kappa shape index (κ2) is 7.97. The highest BCUT2D eigenvalue weighted by atomic mass is 15.3. The minimum atomic E-state index is 0.274. The van der Waals surface area contributed by atoms with E-state index < -0.39 is 0 Å². The average molecular weight is 303 g/mol. The van der Waals surface area contributed by atoms with Crippen LogP contribution in [-0.4, -0.2) is 30.7 Å². The summed E-state index contributed by atoms with van der Waals surface area (Å²) in [4.78, 5) is 0. The molecule has 0 bridgehead atoms. The monoisotopic (exact) mass is 302 g/mol. The Morgan fingerprint density at radius 1 is 0.955 bits per heavy atom. The van der Waals surface area contributed by atoms with Crippen molar-refractivity contribution in [2.24, 2.45) is 0 Å². The third-order valence-electron chi connectivity index (χ3n) is 5.59.